The highest BCUT2D eigenvalue weighted by atomic mass is 35.5. The lowest BCUT2D eigenvalue weighted by atomic mass is 9.68. The second kappa shape index (κ2) is 8.83. The van der Waals surface area contributed by atoms with Crippen molar-refractivity contribution in [3.63, 3.8) is 0 Å². The van der Waals surface area contributed by atoms with E-state index in [1.165, 1.54) is 6.07 Å². The Balaban J connectivity index is 1.47. The van der Waals surface area contributed by atoms with Crippen LogP contribution >= 0.6 is 11.6 Å². The number of rotatable bonds is 3. The molecule has 2 saturated heterocycles. The van der Waals surface area contributed by atoms with Gasteiger partial charge in [0.25, 0.3) is 0 Å². The highest BCUT2D eigenvalue weighted by Crippen LogP contribution is 2.46. The van der Waals surface area contributed by atoms with Gasteiger partial charge in [-0.05, 0) is 48.6 Å². The molecule has 0 bridgehead atoms. The number of fused-ring (bicyclic) bond motifs is 1. The van der Waals surface area contributed by atoms with Gasteiger partial charge < -0.3 is 10.1 Å². The first-order chi connectivity index (χ1) is 16.5. The van der Waals surface area contributed by atoms with Crippen LogP contribution in [0.3, 0.4) is 0 Å². The topological polar surface area (TPSA) is 86.3 Å². The molecule has 1 aromatic carbocycles. The Hall–Kier alpha value is -2.00. The van der Waals surface area contributed by atoms with E-state index in [9.17, 15) is 13.5 Å². The number of aliphatic hydroxyl groups is 1. The van der Waals surface area contributed by atoms with Crippen LogP contribution < -0.4 is 0 Å². The van der Waals surface area contributed by atoms with Gasteiger partial charge >= 0.3 is 0 Å². The van der Waals surface area contributed by atoms with Crippen molar-refractivity contribution in [3.05, 3.63) is 52.6 Å². The molecular weight excluding hydrogens is 489 g/mol. The molecule has 5 rings (SSSR count). The summed E-state index contributed by atoms with van der Waals surface area (Å²) in [6, 6.07) is 5.39. The molecule has 0 amide bonds. The number of hydrogen-bond acceptors (Lipinski definition) is 5. The minimum absolute atomic E-state index is 0.182. The van der Waals surface area contributed by atoms with Crippen LogP contribution in [0.2, 0.25) is 5.02 Å². The van der Waals surface area contributed by atoms with Gasteiger partial charge in [0.05, 0.1) is 16.5 Å². The monoisotopic (exact) mass is 519 g/mol. The molecule has 188 valence electrons. The van der Waals surface area contributed by atoms with E-state index < -0.39 is 21.3 Å². The molecule has 0 aliphatic carbocycles. The van der Waals surface area contributed by atoms with E-state index in [1.807, 2.05) is 32.9 Å². The highest BCUT2D eigenvalue weighted by molar-refractivity contribution is 7.91. The predicted molar refractivity (Wildman–Crippen MR) is 137 cm³/mol. The van der Waals surface area contributed by atoms with Crippen LogP contribution in [0, 0.1) is 24.6 Å². The Morgan fingerprint density at radius 3 is 2.49 bits per heavy atom. The van der Waals surface area contributed by atoms with Crippen molar-refractivity contribution in [1.29, 1.82) is 0 Å². The van der Waals surface area contributed by atoms with Crippen LogP contribution in [-0.4, -0.2) is 59.0 Å². The molecule has 3 aromatic rings. The normalized spacial score (nSPS) is 27.9. The molecule has 2 aliphatic heterocycles. The summed E-state index contributed by atoms with van der Waals surface area (Å²) in [5, 5.41) is 13.2. The fourth-order valence-corrected chi connectivity index (χ4v) is 7.95. The predicted octanol–water partition coefficient (Wildman–Crippen LogP) is 4.68. The Morgan fingerprint density at radius 1 is 1.20 bits per heavy atom. The van der Waals surface area contributed by atoms with Crippen LogP contribution in [0.15, 0.2) is 30.6 Å². The van der Waals surface area contributed by atoms with E-state index in [-0.39, 0.29) is 29.4 Å². The number of sulfone groups is 1. The molecular formula is C26H31ClFN3O3S. The summed E-state index contributed by atoms with van der Waals surface area (Å²) in [5.41, 5.74) is 1.81. The van der Waals surface area contributed by atoms with Gasteiger partial charge in [-0.25, -0.2) is 17.8 Å². The van der Waals surface area contributed by atoms with E-state index in [4.69, 9.17) is 11.6 Å². The number of likely N-dealkylation sites (tertiary alicyclic amines) is 1. The average Bonchev–Trinajstić information content (AvgIpc) is 3.18. The standard InChI is InChI=1S/C26H31ClFN3O3S/c1-15-10-18(20-4-7-29-25-23(20)21(27)12-30-25)11-22(28)24(15)26(32)16(2)13-31(14-17(26)3)19-5-8-35(33,34)9-6-19/h4,7,10-12,16-17,19,32H,5-6,8-9,13-14H2,1-3H3,(H,29,30)/t16-,17+,26?. The Kier molecular flexibility index (Phi) is 6.23. The number of piperidine rings is 1. The summed E-state index contributed by atoms with van der Waals surface area (Å²) in [5.74, 6) is -0.464. The smallest absolute Gasteiger partial charge is 0.150 e. The maximum absolute atomic E-state index is 15.8. The van der Waals surface area contributed by atoms with Crippen molar-refractivity contribution in [3.8, 4) is 11.1 Å². The van der Waals surface area contributed by atoms with E-state index in [1.54, 1.807) is 12.4 Å². The third kappa shape index (κ3) is 4.18. The number of aryl methyl sites for hydroxylation is 1. The molecule has 0 saturated carbocycles. The number of H-pyrrole nitrogens is 1. The molecule has 2 aliphatic rings. The third-order valence-electron chi connectivity index (χ3n) is 8.08. The molecule has 35 heavy (non-hydrogen) atoms. The van der Waals surface area contributed by atoms with Gasteiger partial charge in [0, 0.05) is 54.3 Å². The van der Waals surface area contributed by atoms with Crippen LogP contribution in [0.1, 0.15) is 37.8 Å². The maximum Gasteiger partial charge on any atom is 0.150 e. The lowest BCUT2D eigenvalue weighted by Crippen LogP contribution is -2.58. The highest BCUT2D eigenvalue weighted by Gasteiger charge is 2.49. The Morgan fingerprint density at radius 2 is 1.86 bits per heavy atom. The van der Waals surface area contributed by atoms with Crippen molar-refractivity contribution >= 4 is 32.5 Å². The molecule has 4 heterocycles. The van der Waals surface area contributed by atoms with Crippen LogP contribution in [0.5, 0.6) is 0 Å². The fourth-order valence-electron chi connectivity index (χ4n) is 6.24. The molecule has 0 spiro atoms. The van der Waals surface area contributed by atoms with E-state index in [0.717, 1.165) is 10.9 Å². The third-order valence-corrected chi connectivity index (χ3v) is 10.1. The Bertz CT molecular complexity index is 1340. The van der Waals surface area contributed by atoms with Gasteiger partial charge in [0.2, 0.25) is 0 Å². The number of halogens is 2. The molecule has 1 unspecified atom stereocenters. The van der Waals surface area contributed by atoms with Crippen molar-refractivity contribution in [2.45, 2.75) is 45.3 Å². The number of hydrogen-bond donors (Lipinski definition) is 2. The lowest BCUT2D eigenvalue weighted by Gasteiger charge is -2.51. The molecule has 0 radical (unpaired) electrons. The zero-order chi connectivity index (χ0) is 25.1. The first kappa shape index (κ1) is 24.7. The average molecular weight is 520 g/mol. The number of nitrogens with zero attached hydrogens (tertiary/aromatic N) is 2. The summed E-state index contributed by atoms with van der Waals surface area (Å²) in [6.45, 7) is 6.95. The summed E-state index contributed by atoms with van der Waals surface area (Å²) >= 11 is 6.37. The van der Waals surface area contributed by atoms with Gasteiger partial charge in [-0.1, -0.05) is 31.5 Å². The molecule has 9 heteroatoms. The number of aromatic nitrogens is 2. The van der Waals surface area contributed by atoms with Crippen LogP contribution in [-0.2, 0) is 15.4 Å². The second-order valence-electron chi connectivity index (χ2n) is 10.3. The number of nitrogens with one attached hydrogen (secondary N) is 1. The summed E-state index contributed by atoms with van der Waals surface area (Å²) in [4.78, 5) is 9.62. The summed E-state index contributed by atoms with van der Waals surface area (Å²) in [7, 11) is -2.94. The molecule has 3 atom stereocenters. The lowest BCUT2D eigenvalue weighted by molar-refractivity contribution is -0.122. The zero-order valence-corrected chi connectivity index (χ0v) is 21.8. The van der Waals surface area contributed by atoms with Gasteiger partial charge in [-0.2, -0.15) is 0 Å². The minimum atomic E-state index is -2.94. The number of benzene rings is 1. The van der Waals surface area contributed by atoms with Crippen molar-refractivity contribution in [1.82, 2.24) is 14.9 Å². The van der Waals surface area contributed by atoms with E-state index in [0.29, 0.717) is 53.3 Å². The molecule has 2 N–H and O–H groups in total. The van der Waals surface area contributed by atoms with E-state index in [2.05, 4.69) is 14.9 Å². The molecule has 6 nitrogen and oxygen atoms in total. The largest absolute Gasteiger partial charge is 0.384 e. The summed E-state index contributed by atoms with van der Waals surface area (Å²) < 4.78 is 39.6. The first-order valence-electron chi connectivity index (χ1n) is 12.1. The van der Waals surface area contributed by atoms with Crippen molar-refractivity contribution < 1.29 is 17.9 Å². The minimum Gasteiger partial charge on any atom is -0.384 e. The SMILES string of the molecule is Cc1cc(-c2ccnc3[nH]cc(Cl)c23)cc(F)c1C1(O)[C@H](C)CN(C2CCS(=O)(=O)CC2)C[C@@H]1C. The van der Waals surface area contributed by atoms with Gasteiger partial charge in [0.1, 0.15) is 26.9 Å². The fraction of sp³-hybridized carbons (Fsp3) is 0.500. The van der Waals surface area contributed by atoms with Crippen LogP contribution in [0.25, 0.3) is 22.2 Å². The van der Waals surface area contributed by atoms with Gasteiger partial charge in [0.15, 0.2) is 0 Å². The van der Waals surface area contributed by atoms with Gasteiger partial charge in [-0.3, -0.25) is 4.90 Å². The number of pyridine rings is 1. The summed E-state index contributed by atoms with van der Waals surface area (Å²) in [6.07, 6.45) is 4.56. The quantitative estimate of drug-likeness (QED) is 0.524. The van der Waals surface area contributed by atoms with E-state index >= 15 is 4.39 Å². The second-order valence-corrected chi connectivity index (χ2v) is 13.0. The van der Waals surface area contributed by atoms with Crippen LogP contribution in [0.4, 0.5) is 4.39 Å². The van der Waals surface area contributed by atoms with Crippen molar-refractivity contribution in [2.75, 3.05) is 24.6 Å². The molecule has 2 aromatic heterocycles. The Labute approximate surface area is 210 Å². The maximum atomic E-state index is 15.8. The van der Waals surface area contributed by atoms with Gasteiger partial charge in [-0.15, -0.1) is 0 Å². The number of aromatic amines is 1. The first-order valence-corrected chi connectivity index (χ1v) is 14.3. The molecule has 2 fully saturated rings. The van der Waals surface area contributed by atoms with Crippen molar-refractivity contribution in [2.24, 2.45) is 11.8 Å². The zero-order valence-electron chi connectivity index (χ0n) is 20.2.